The number of aromatic hydroxyl groups is 1. The van der Waals surface area contributed by atoms with Crippen LogP contribution in [0, 0.1) is 0 Å². The number of nitrogens with zero attached hydrogens (tertiary/aromatic N) is 4. The molecule has 6 nitrogen and oxygen atoms in total. The van der Waals surface area contributed by atoms with Crippen LogP contribution in [0.1, 0.15) is 25.5 Å². The number of fused-ring (bicyclic) bond motifs is 2. The van der Waals surface area contributed by atoms with Gasteiger partial charge in [-0.3, -0.25) is 9.97 Å². The predicted octanol–water partition coefficient (Wildman–Crippen LogP) is 3.62. The van der Waals surface area contributed by atoms with Gasteiger partial charge in [-0.15, -0.1) is 0 Å². The van der Waals surface area contributed by atoms with Crippen molar-refractivity contribution >= 4 is 6.08 Å². The number of piperidine rings is 1. The number of rotatable bonds is 3. The lowest BCUT2D eigenvalue weighted by Crippen LogP contribution is -2.53. The summed E-state index contributed by atoms with van der Waals surface area (Å²) in [6.07, 6.45) is 8.02. The molecule has 0 aliphatic carbocycles. The lowest BCUT2D eigenvalue weighted by molar-refractivity contribution is 0.186. The van der Waals surface area contributed by atoms with Crippen LogP contribution in [-0.4, -0.2) is 48.5 Å². The highest BCUT2D eigenvalue weighted by Crippen LogP contribution is 2.42. The van der Waals surface area contributed by atoms with Crippen molar-refractivity contribution in [3.63, 3.8) is 0 Å². The van der Waals surface area contributed by atoms with Gasteiger partial charge in [-0.2, -0.15) is 0 Å². The van der Waals surface area contributed by atoms with Gasteiger partial charge < -0.3 is 15.0 Å². The number of hydrogen-bond donors (Lipinski definition) is 2. The maximum atomic E-state index is 14.9. The van der Waals surface area contributed by atoms with Crippen molar-refractivity contribution in [2.45, 2.75) is 43.7 Å². The summed E-state index contributed by atoms with van der Waals surface area (Å²) in [5.74, 6) is 0.0715. The van der Waals surface area contributed by atoms with E-state index in [0.717, 1.165) is 5.69 Å². The minimum atomic E-state index is -1.27. The maximum absolute atomic E-state index is 14.9. The van der Waals surface area contributed by atoms with Gasteiger partial charge >= 0.3 is 0 Å². The van der Waals surface area contributed by atoms with Crippen LogP contribution < -0.4 is 5.32 Å². The van der Waals surface area contributed by atoms with Gasteiger partial charge in [0.2, 0.25) is 0 Å². The van der Waals surface area contributed by atoms with E-state index in [-0.39, 0.29) is 18.2 Å². The number of nitrogens with one attached hydrogen (secondary N) is 1. The third-order valence-corrected chi connectivity index (χ3v) is 5.98. The van der Waals surface area contributed by atoms with E-state index in [4.69, 9.17) is 0 Å². The highest BCUT2D eigenvalue weighted by Gasteiger charge is 2.52. The molecule has 30 heavy (non-hydrogen) atoms. The second-order valence-corrected chi connectivity index (χ2v) is 8.17. The van der Waals surface area contributed by atoms with Crippen LogP contribution in [0.15, 0.2) is 54.9 Å². The number of imidazole rings is 1. The SMILES string of the molecule is C[C@]12C[C@H](F)C(C/C(=C\c3cnc(-c4ccc(-n5ccnc5)cc4O)cn3)[C@@H]1F)N2. The van der Waals surface area contributed by atoms with Crippen molar-refractivity contribution in [3.8, 4) is 22.7 Å². The van der Waals surface area contributed by atoms with Gasteiger partial charge in [-0.05, 0) is 37.1 Å². The van der Waals surface area contributed by atoms with Crippen molar-refractivity contribution < 1.29 is 13.9 Å². The summed E-state index contributed by atoms with van der Waals surface area (Å²) in [6, 6.07) is 4.88. The van der Waals surface area contributed by atoms with Crippen LogP contribution in [0.3, 0.4) is 0 Å². The topological polar surface area (TPSA) is 75.9 Å². The van der Waals surface area contributed by atoms with Gasteiger partial charge in [0.25, 0.3) is 0 Å². The highest BCUT2D eigenvalue weighted by molar-refractivity contribution is 5.68. The molecule has 5 rings (SSSR count). The first kappa shape index (κ1) is 18.9. The molecule has 154 valence electrons. The van der Waals surface area contributed by atoms with Crippen LogP contribution in [-0.2, 0) is 0 Å². The Bertz CT molecular complexity index is 1100. The van der Waals surface area contributed by atoms with Crippen LogP contribution in [0.25, 0.3) is 23.0 Å². The fourth-order valence-electron chi connectivity index (χ4n) is 4.43. The Kier molecular flexibility index (Phi) is 4.39. The van der Waals surface area contributed by atoms with E-state index >= 15 is 0 Å². The molecule has 0 amide bonds. The molecule has 2 fully saturated rings. The largest absolute Gasteiger partial charge is 0.507 e. The molecule has 4 heterocycles. The Morgan fingerprint density at radius 2 is 2.13 bits per heavy atom. The van der Waals surface area contributed by atoms with Gasteiger partial charge in [-0.25, -0.2) is 13.8 Å². The third-order valence-electron chi connectivity index (χ3n) is 5.98. The van der Waals surface area contributed by atoms with Gasteiger partial charge in [0.1, 0.15) is 18.1 Å². The molecule has 2 aliphatic rings. The summed E-state index contributed by atoms with van der Waals surface area (Å²) in [6.45, 7) is 1.72. The molecule has 0 radical (unpaired) electrons. The summed E-state index contributed by atoms with van der Waals surface area (Å²) >= 11 is 0. The Labute approximate surface area is 172 Å². The Morgan fingerprint density at radius 3 is 2.83 bits per heavy atom. The number of alkyl halides is 2. The smallest absolute Gasteiger partial charge is 0.139 e. The minimum absolute atomic E-state index is 0.0715. The Morgan fingerprint density at radius 1 is 1.27 bits per heavy atom. The molecule has 1 aromatic carbocycles. The fraction of sp³-hybridized carbons (Fsp3) is 0.318. The summed E-state index contributed by atoms with van der Waals surface area (Å²) in [4.78, 5) is 12.7. The number of phenols is 1. The number of benzene rings is 1. The van der Waals surface area contributed by atoms with Crippen LogP contribution >= 0.6 is 0 Å². The fourth-order valence-corrected chi connectivity index (χ4v) is 4.43. The van der Waals surface area contributed by atoms with Gasteiger partial charge in [0, 0.05) is 36.5 Å². The molecule has 0 spiro atoms. The second kappa shape index (κ2) is 6.98. The zero-order valence-corrected chi connectivity index (χ0v) is 16.3. The van der Waals surface area contributed by atoms with E-state index in [1.54, 1.807) is 54.6 Å². The predicted molar refractivity (Wildman–Crippen MR) is 109 cm³/mol. The molecule has 2 aliphatic heterocycles. The Hall–Kier alpha value is -3.13. The van der Waals surface area contributed by atoms with Crippen molar-refractivity contribution in [3.05, 3.63) is 60.6 Å². The summed E-state index contributed by atoms with van der Waals surface area (Å²) in [7, 11) is 0. The quantitative estimate of drug-likeness (QED) is 0.691. The molecular weight excluding hydrogens is 388 g/mol. The van der Waals surface area contributed by atoms with E-state index < -0.39 is 17.9 Å². The van der Waals surface area contributed by atoms with Gasteiger partial charge in [0.15, 0.2) is 0 Å². The molecule has 2 bridgehead atoms. The number of hydrogen-bond acceptors (Lipinski definition) is 5. The van der Waals surface area contributed by atoms with E-state index in [0.29, 0.717) is 28.9 Å². The lowest BCUT2D eigenvalue weighted by atomic mass is 9.86. The van der Waals surface area contributed by atoms with E-state index in [2.05, 4.69) is 20.3 Å². The molecule has 1 unspecified atom stereocenters. The van der Waals surface area contributed by atoms with Crippen molar-refractivity contribution in [1.82, 2.24) is 24.8 Å². The summed E-state index contributed by atoms with van der Waals surface area (Å²) in [5.41, 5.74) is 2.00. The van der Waals surface area contributed by atoms with Crippen LogP contribution in [0.4, 0.5) is 8.78 Å². The van der Waals surface area contributed by atoms with Crippen LogP contribution in [0.5, 0.6) is 5.75 Å². The zero-order chi connectivity index (χ0) is 20.9. The second-order valence-electron chi connectivity index (χ2n) is 8.17. The standard InChI is InChI=1S/C22H21F2N5O/c1-22-9-17(23)18(28-22)7-13(21(22)24)6-14-10-27-19(11-26-14)16-3-2-15(8-20(16)30)29-5-4-25-12-29/h2-6,8,10-12,17-18,21,28,30H,7,9H2,1H3/b13-6+/t17-,18?,21-,22-/m0/s1. The van der Waals surface area contributed by atoms with Crippen molar-refractivity contribution in [1.29, 1.82) is 0 Å². The normalized spacial score (nSPS) is 29.4. The lowest BCUT2D eigenvalue weighted by Gasteiger charge is -2.35. The van der Waals surface area contributed by atoms with Crippen molar-refractivity contribution in [2.75, 3.05) is 0 Å². The Balaban J connectivity index is 1.39. The number of phenolic OH excluding ortho intramolecular Hbond substituents is 1. The van der Waals surface area contributed by atoms with Gasteiger partial charge in [-0.1, -0.05) is 0 Å². The van der Waals surface area contributed by atoms with E-state index in [9.17, 15) is 13.9 Å². The number of halogens is 2. The summed E-state index contributed by atoms with van der Waals surface area (Å²) < 4.78 is 30.8. The molecule has 4 atom stereocenters. The average Bonchev–Trinajstić information content (AvgIpc) is 3.34. The molecule has 8 heteroatoms. The molecular formula is C22H21F2N5O. The minimum Gasteiger partial charge on any atom is -0.507 e. The molecule has 3 aromatic rings. The average molecular weight is 409 g/mol. The molecule has 2 aromatic heterocycles. The highest BCUT2D eigenvalue weighted by atomic mass is 19.1. The van der Waals surface area contributed by atoms with Gasteiger partial charge in [0.05, 0.1) is 41.3 Å². The first-order valence-corrected chi connectivity index (χ1v) is 9.83. The van der Waals surface area contributed by atoms with Crippen molar-refractivity contribution in [2.24, 2.45) is 0 Å². The summed E-state index contributed by atoms with van der Waals surface area (Å²) in [5, 5.41) is 13.5. The zero-order valence-electron chi connectivity index (χ0n) is 16.3. The maximum Gasteiger partial charge on any atom is 0.139 e. The number of aromatic nitrogens is 4. The molecule has 0 saturated carbocycles. The molecule has 2 saturated heterocycles. The van der Waals surface area contributed by atoms with E-state index in [1.807, 2.05) is 6.07 Å². The first-order chi connectivity index (χ1) is 14.4. The van der Waals surface area contributed by atoms with Crippen LogP contribution in [0.2, 0.25) is 0 Å². The third kappa shape index (κ3) is 3.17. The first-order valence-electron chi connectivity index (χ1n) is 9.83. The monoisotopic (exact) mass is 409 g/mol. The van der Waals surface area contributed by atoms with E-state index in [1.165, 1.54) is 6.20 Å². The molecule has 2 N–H and O–H groups in total.